The zero-order valence-corrected chi connectivity index (χ0v) is 11.9. The summed E-state index contributed by atoms with van der Waals surface area (Å²) in [5.41, 5.74) is 0.871. The molecule has 1 saturated heterocycles. The first-order valence-electron chi connectivity index (χ1n) is 7.32. The Balaban J connectivity index is 1.75. The number of morpholine rings is 1. The highest BCUT2D eigenvalue weighted by atomic mass is 16.5. The van der Waals surface area contributed by atoms with Crippen molar-refractivity contribution in [2.24, 2.45) is 0 Å². The van der Waals surface area contributed by atoms with E-state index in [1.807, 2.05) is 12.4 Å². The zero-order chi connectivity index (χ0) is 13.7. The van der Waals surface area contributed by atoms with Crippen LogP contribution < -0.4 is 4.90 Å². The largest absolute Gasteiger partial charge is 0.372 e. The third kappa shape index (κ3) is 1.95. The Bertz CT molecular complexity index is 626. The molecule has 2 unspecified atom stereocenters. The van der Waals surface area contributed by atoms with E-state index in [0.717, 1.165) is 30.4 Å². The van der Waals surface area contributed by atoms with Gasteiger partial charge >= 0.3 is 0 Å². The van der Waals surface area contributed by atoms with Gasteiger partial charge < -0.3 is 9.64 Å². The van der Waals surface area contributed by atoms with Crippen LogP contribution in [0.1, 0.15) is 38.4 Å². The molecule has 6 heteroatoms. The lowest BCUT2D eigenvalue weighted by atomic mass is 10.2. The van der Waals surface area contributed by atoms with Crippen molar-refractivity contribution in [3.8, 4) is 0 Å². The van der Waals surface area contributed by atoms with E-state index in [1.165, 1.54) is 12.8 Å². The van der Waals surface area contributed by atoms with Crippen molar-refractivity contribution in [1.29, 1.82) is 0 Å². The molecular formula is C14H19N5O. The Labute approximate surface area is 117 Å². The Morgan fingerprint density at radius 2 is 1.90 bits per heavy atom. The molecular weight excluding hydrogens is 254 g/mol. The van der Waals surface area contributed by atoms with E-state index in [-0.39, 0.29) is 12.2 Å². The summed E-state index contributed by atoms with van der Waals surface area (Å²) in [7, 11) is 0. The SMILES string of the molecule is CC1CN(c2nccn3c(C4CC4)nnc23)CC(C)O1. The third-order valence-corrected chi connectivity index (χ3v) is 4.00. The van der Waals surface area contributed by atoms with E-state index in [0.29, 0.717) is 5.92 Å². The smallest absolute Gasteiger partial charge is 0.203 e. The van der Waals surface area contributed by atoms with E-state index in [9.17, 15) is 0 Å². The van der Waals surface area contributed by atoms with Crippen LogP contribution in [0.2, 0.25) is 0 Å². The van der Waals surface area contributed by atoms with Crippen LogP contribution in [0.15, 0.2) is 12.4 Å². The van der Waals surface area contributed by atoms with Gasteiger partial charge in [-0.05, 0) is 26.7 Å². The Hall–Kier alpha value is -1.69. The molecule has 2 aliphatic rings. The molecule has 2 atom stereocenters. The van der Waals surface area contributed by atoms with Crippen molar-refractivity contribution >= 4 is 11.5 Å². The fraction of sp³-hybridized carbons (Fsp3) is 0.643. The second kappa shape index (κ2) is 4.41. The topological polar surface area (TPSA) is 55.6 Å². The van der Waals surface area contributed by atoms with Crippen LogP contribution in [0.25, 0.3) is 5.65 Å². The number of rotatable bonds is 2. The fourth-order valence-electron chi connectivity index (χ4n) is 3.02. The number of nitrogens with zero attached hydrogens (tertiary/aromatic N) is 5. The number of fused-ring (bicyclic) bond motifs is 1. The lowest BCUT2D eigenvalue weighted by Gasteiger charge is -2.35. The van der Waals surface area contributed by atoms with Gasteiger partial charge in [-0.25, -0.2) is 4.98 Å². The molecule has 0 radical (unpaired) electrons. The van der Waals surface area contributed by atoms with Crippen molar-refractivity contribution in [3.63, 3.8) is 0 Å². The highest BCUT2D eigenvalue weighted by Crippen LogP contribution is 2.39. The van der Waals surface area contributed by atoms with Crippen molar-refractivity contribution in [1.82, 2.24) is 19.6 Å². The number of hydrogen-bond donors (Lipinski definition) is 0. The minimum atomic E-state index is 0.214. The summed E-state index contributed by atoms with van der Waals surface area (Å²) >= 11 is 0. The first-order chi connectivity index (χ1) is 9.72. The molecule has 2 fully saturated rings. The van der Waals surface area contributed by atoms with E-state index in [2.05, 4.69) is 38.3 Å². The maximum atomic E-state index is 5.79. The fourth-order valence-corrected chi connectivity index (χ4v) is 3.02. The van der Waals surface area contributed by atoms with Crippen molar-refractivity contribution in [2.75, 3.05) is 18.0 Å². The average molecular weight is 273 g/mol. The lowest BCUT2D eigenvalue weighted by Crippen LogP contribution is -2.46. The van der Waals surface area contributed by atoms with E-state index < -0.39 is 0 Å². The van der Waals surface area contributed by atoms with Gasteiger partial charge in [-0.2, -0.15) is 0 Å². The molecule has 2 aromatic heterocycles. The molecule has 2 aromatic rings. The van der Waals surface area contributed by atoms with Gasteiger partial charge in [0.15, 0.2) is 5.82 Å². The molecule has 106 valence electrons. The molecule has 4 rings (SSSR count). The summed E-state index contributed by atoms with van der Waals surface area (Å²) in [6.45, 7) is 5.90. The first kappa shape index (κ1) is 12.1. The number of anilines is 1. The molecule has 1 aliphatic carbocycles. The monoisotopic (exact) mass is 273 g/mol. The van der Waals surface area contributed by atoms with Gasteiger partial charge in [-0.3, -0.25) is 4.40 Å². The maximum absolute atomic E-state index is 5.79. The second-order valence-electron chi connectivity index (χ2n) is 5.94. The predicted octanol–water partition coefficient (Wildman–Crippen LogP) is 1.62. The van der Waals surface area contributed by atoms with Crippen LogP contribution >= 0.6 is 0 Å². The minimum Gasteiger partial charge on any atom is -0.372 e. The molecule has 0 bridgehead atoms. The Kier molecular flexibility index (Phi) is 2.66. The highest BCUT2D eigenvalue weighted by Gasteiger charge is 2.30. The van der Waals surface area contributed by atoms with E-state index >= 15 is 0 Å². The van der Waals surface area contributed by atoms with Crippen LogP contribution in [0.5, 0.6) is 0 Å². The second-order valence-corrected chi connectivity index (χ2v) is 5.94. The van der Waals surface area contributed by atoms with Gasteiger partial charge in [0, 0.05) is 31.4 Å². The maximum Gasteiger partial charge on any atom is 0.203 e. The number of hydrogen-bond acceptors (Lipinski definition) is 5. The Morgan fingerprint density at radius 1 is 1.15 bits per heavy atom. The van der Waals surface area contributed by atoms with Gasteiger partial charge in [-0.1, -0.05) is 0 Å². The minimum absolute atomic E-state index is 0.214. The molecule has 3 heterocycles. The van der Waals surface area contributed by atoms with E-state index in [1.54, 1.807) is 0 Å². The molecule has 0 spiro atoms. The molecule has 0 aromatic carbocycles. The first-order valence-corrected chi connectivity index (χ1v) is 7.32. The van der Waals surface area contributed by atoms with Crippen LogP contribution in [0.3, 0.4) is 0 Å². The average Bonchev–Trinajstić information content (AvgIpc) is 3.16. The van der Waals surface area contributed by atoms with Crippen molar-refractivity contribution in [3.05, 3.63) is 18.2 Å². The highest BCUT2D eigenvalue weighted by molar-refractivity contribution is 5.64. The van der Waals surface area contributed by atoms with Crippen LogP contribution in [0, 0.1) is 0 Å². The van der Waals surface area contributed by atoms with Gasteiger partial charge in [0.2, 0.25) is 5.65 Å². The summed E-state index contributed by atoms with van der Waals surface area (Å²) in [5, 5.41) is 8.74. The van der Waals surface area contributed by atoms with Crippen LogP contribution in [-0.2, 0) is 4.74 Å². The van der Waals surface area contributed by atoms with Crippen LogP contribution in [-0.4, -0.2) is 44.9 Å². The summed E-state index contributed by atoms with van der Waals surface area (Å²) in [6, 6.07) is 0. The van der Waals surface area contributed by atoms with Gasteiger partial charge in [0.05, 0.1) is 12.2 Å². The quantitative estimate of drug-likeness (QED) is 0.832. The molecule has 0 amide bonds. The molecule has 20 heavy (non-hydrogen) atoms. The Morgan fingerprint density at radius 3 is 2.60 bits per heavy atom. The molecule has 6 nitrogen and oxygen atoms in total. The van der Waals surface area contributed by atoms with E-state index in [4.69, 9.17) is 4.74 Å². The van der Waals surface area contributed by atoms with Gasteiger partial charge in [0.1, 0.15) is 5.82 Å². The van der Waals surface area contributed by atoms with Crippen LogP contribution in [0.4, 0.5) is 5.82 Å². The summed E-state index contributed by atoms with van der Waals surface area (Å²) in [6.07, 6.45) is 6.70. The summed E-state index contributed by atoms with van der Waals surface area (Å²) in [4.78, 5) is 6.80. The zero-order valence-electron chi connectivity index (χ0n) is 11.9. The molecule has 0 N–H and O–H groups in total. The van der Waals surface area contributed by atoms with Crippen molar-refractivity contribution in [2.45, 2.75) is 44.8 Å². The third-order valence-electron chi connectivity index (χ3n) is 4.00. The molecule has 1 aliphatic heterocycles. The van der Waals surface area contributed by atoms with Gasteiger partial charge in [-0.15, -0.1) is 10.2 Å². The summed E-state index contributed by atoms with van der Waals surface area (Å²) in [5.74, 6) is 2.59. The summed E-state index contributed by atoms with van der Waals surface area (Å²) < 4.78 is 7.89. The van der Waals surface area contributed by atoms with Crippen molar-refractivity contribution < 1.29 is 4.74 Å². The number of ether oxygens (including phenoxy) is 1. The predicted molar refractivity (Wildman–Crippen MR) is 75.0 cm³/mol. The number of aromatic nitrogens is 4. The van der Waals surface area contributed by atoms with Gasteiger partial charge in [0.25, 0.3) is 0 Å². The normalized spacial score (nSPS) is 27.2. The standard InChI is InChI=1S/C14H19N5O/c1-9-7-18(8-10(2)20-9)13-14-17-16-12(11-3-4-11)19(14)6-5-15-13/h5-6,9-11H,3-4,7-8H2,1-2H3. The lowest BCUT2D eigenvalue weighted by molar-refractivity contribution is -0.00539. The molecule has 1 saturated carbocycles.